The molecule has 0 radical (unpaired) electrons. The third-order valence-electron chi connectivity index (χ3n) is 4.30. The molecule has 0 bridgehead atoms. The summed E-state index contributed by atoms with van der Waals surface area (Å²) in [5, 5.41) is 0. The van der Waals surface area contributed by atoms with E-state index in [0.717, 1.165) is 18.4 Å². The van der Waals surface area contributed by atoms with Crippen LogP contribution in [-0.2, 0) is 17.1 Å². The summed E-state index contributed by atoms with van der Waals surface area (Å²) in [4.78, 5) is 41.1. The van der Waals surface area contributed by atoms with Gasteiger partial charge in [-0.3, -0.25) is 19.1 Å². The number of hydrogen-bond donors (Lipinski definition) is 2. The van der Waals surface area contributed by atoms with Crippen LogP contribution in [-0.4, -0.2) is 27.8 Å². The smallest absolute Gasteiger partial charge is 0.330 e. The van der Waals surface area contributed by atoms with Crippen molar-refractivity contribution in [2.75, 3.05) is 22.9 Å². The molecule has 1 aromatic heterocycles. The van der Waals surface area contributed by atoms with Gasteiger partial charge in [0.2, 0.25) is 5.91 Å². The van der Waals surface area contributed by atoms with E-state index in [9.17, 15) is 14.4 Å². The summed E-state index contributed by atoms with van der Waals surface area (Å²) in [5.41, 5.74) is 6.20. The number of benzene rings is 1. The van der Waals surface area contributed by atoms with Crippen LogP contribution in [0.3, 0.4) is 0 Å². The quantitative estimate of drug-likeness (QED) is 0.634. The Morgan fingerprint density at radius 2 is 1.89 bits per heavy atom. The van der Waals surface area contributed by atoms with E-state index in [-0.39, 0.29) is 23.2 Å². The van der Waals surface area contributed by atoms with E-state index < -0.39 is 11.2 Å². The number of anilines is 2. The van der Waals surface area contributed by atoms with Crippen LogP contribution >= 0.6 is 11.8 Å². The molecule has 1 amide bonds. The number of aromatic nitrogens is 2. The highest BCUT2D eigenvalue weighted by atomic mass is 32.2. The number of thioether (sulfide) groups is 1. The van der Waals surface area contributed by atoms with Crippen molar-refractivity contribution in [2.24, 2.45) is 0 Å². The van der Waals surface area contributed by atoms with E-state index in [2.05, 4.69) is 4.98 Å². The topological polar surface area (TPSA) is 101 Å². The Labute approximate surface area is 168 Å². The minimum atomic E-state index is -0.620. The second-order valence-electron chi connectivity index (χ2n) is 6.52. The summed E-state index contributed by atoms with van der Waals surface area (Å²) < 4.78 is 1.34. The Kier molecular flexibility index (Phi) is 8.38. The first-order valence-corrected chi connectivity index (χ1v) is 10.7. The van der Waals surface area contributed by atoms with E-state index in [1.165, 1.54) is 21.2 Å². The fourth-order valence-corrected chi connectivity index (χ4v) is 3.73. The molecule has 3 N–H and O–H groups in total. The van der Waals surface area contributed by atoms with Crippen molar-refractivity contribution in [2.45, 2.75) is 45.4 Å². The lowest BCUT2D eigenvalue weighted by molar-refractivity contribution is -0.116. The maximum atomic E-state index is 12.8. The maximum absolute atomic E-state index is 12.8. The van der Waals surface area contributed by atoms with Crippen LogP contribution < -0.4 is 21.9 Å². The number of hydrogen-bond acceptors (Lipinski definition) is 5. The Morgan fingerprint density at radius 3 is 2.54 bits per heavy atom. The standard InChI is InChI=1S/C20H28N4O3S/c1-3-5-12-24-18(21)17(19(26)22-20(24)27)23(11-4-2)16(25)14-28-13-15-9-7-6-8-10-15/h6-10H,3-5,11-14,21H2,1-2H3,(H,22,26,27). The number of aromatic amines is 1. The van der Waals surface area contributed by atoms with Gasteiger partial charge in [-0.1, -0.05) is 50.6 Å². The fraction of sp³-hybridized carbons (Fsp3) is 0.450. The van der Waals surface area contributed by atoms with E-state index >= 15 is 0 Å². The van der Waals surface area contributed by atoms with Crippen LogP contribution in [0.15, 0.2) is 39.9 Å². The van der Waals surface area contributed by atoms with Gasteiger partial charge in [0.1, 0.15) is 5.82 Å². The summed E-state index contributed by atoms with van der Waals surface area (Å²) >= 11 is 1.48. The normalized spacial score (nSPS) is 10.8. The molecule has 0 aliphatic carbocycles. The number of nitrogens with zero attached hydrogens (tertiary/aromatic N) is 2. The first-order chi connectivity index (χ1) is 13.5. The summed E-state index contributed by atoms with van der Waals surface area (Å²) in [6, 6.07) is 9.88. The average molecular weight is 405 g/mol. The van der Waals surface area contributed by atoms with Gasteiger partial charge in [-0.05, 0) is 18.4 Å². The molecule has 8 heteroatoms. The van der Waals surface area contributed by atoms with E-state index in [0.29, 0.717) is 25.3 Å². The second kappa shape index (κ2) is 10.8. The number of H-pyrrole nitrogens is 1. The molecule has 28 heavy (non-hydrogen) atoms. The zero-order chi connectivity index (χ0) is 20.5. The van der Waals surface area contributed by atoms with E-state index in [1.54, 1.807) is 0 Å². The molecular weight excluding hydrogens is 376 g/mol. The molecule has 0 aliphatic rings. The van der Waals surface area contributed by atoms with Gasteiger partial charge < -0.3 is 10.6 Å². The van der Waals surface area contributed by atoms with Crippen LogP contribution in [0.1, 0.15) is 38.7 Å². The zero-order valence-electron chi connectivity index (χ0n) is 16.4. The van der Waals surface area contributed by atoms with Crippen molar-refractivity contribution in [1.29, 1.82) is 0 Å². The lowest BCUT2D eigenvalue weighted by atomic mass is 10.2. The van der Waals surface area contributed by atoms with Crippen LogP contribution in [0.5, 0.6) is 0 Å². The van der Waals surface area contributed by atoms with Crippen LogP contribution in [0.25, 0.3) is 0 Å². The second-order valence-corrected chi connectivity index (χ2v) is 7.51. The van der Waals surface area contributed by atoms with Crippen molar-refractivity contribution < 1.29 is 4.79 Å². The average Bonchev–Trinajstić information content (AvgIpc) is 2.67. The molecule has 7 nitrogen and oxygen atoms in total. The van der Waals surface area contributed by atoms with Gasteiger partial charge in [-0.25, -0.2) is 4.79 Å². The number of carbonyl (C=O) groups excluding carboxylic acids is 1. The van der Waals surface area contributed by atoms with Crippen LogP contribution in [0.2, 0.25) is 0 Å². The number of nitrogens with one attached hydrogen (secondary N) is 1. The van der Waals surface area contributed by atoms with Crippen molar-refractivity contribution in [1.82, 2.24) is 9.55 Å². The third kappa shape index (κ3) is 5.51. The number of nitrogen functional groups attached to an aromatic ring is 1. The predicted molar refractivity (Wildman–Crippen MR) is 116 cm³/mol. The number of nitrogens with two attached hydrogens (primary N) is 1. The highest BCUT2D eigenvalue weighted by Gasteiger charge is 2.23. The molecule has 0 spiro atoms. The Morgan fingerprint density at radius 1 is 1.18 bits per heavy atom. The largest absolute Gasteiger partial charge is 0.383 e. The molecule has 0 fully saturated rings. The minimum Gasteiger partial charge on any atom is -0.383 e. The Balaban J connectivity index is 2.23. The first-order valence-electron chi connectivity index (χ1n) is 9.54. The van der Waals surface area contributed by atoms with Gasteiger partial charge in [0.05, 0.1) is 5.75 Å². The predicted octanol–water partition coefficient (Wildman–Crippen LogP) is 2.60. The van der Waals surface area contributed by atoms with Crippen LogP contribution in [0.4, 0.5) is 11.5 Å². The zero-order valence-corrected chi connectivity index (χ0v) is 17.3. The monoisotopic (exact) mass is 404 g/mol. The Hall–Kier alpha value is -2.48. The van der Waals surface area contributed by atoms with Crippen molar-refractivity contribution in [3.63, 3.8) is 0 Å². The van der Waals surface area contributed by atoms with Crippen molar-refractivity contribution >= 4 is 29.2 Å². The third-order valence-corrected chi connectivity index (χ3v) is 5.29. The highest BCUT2D eigenvalue weighted by molar-refractivity contribution is 7.99. The molecule has 2 rings (SSSR count). The SMILES string of the molecule is CCCCn1c(N)c(N(CCC)C(=O)CSCc2ccccc2)c(=O)[nH]c1=O. The molecule has 0 saturated heterocycles. The molecule has 1 aromatic carbocycles. The lowest BCUT2D eigenvalue weighted by Gasteiger charge is -2.24. The number of unbranched alkanes of at least 4 members (excludes halogenated alkanes) is 1. The molecule has 0 atom stereocenters. The van der Waals surface area contributed by atoms with Gasteiger partial charge in [0.25, 0.3) is 5.56 Å². The first kappa shape index (κ1) is 21.8. The van der Waals surface area contributed by atoms with Crippen LogP contribution in [0, 0.1) is 0 Å². The number of carbonyl (C=O) groups is 1. The van der Waals surface area contributed by atoms with Gasteiger partial charge in [-0.2, -0.15) is 0 Å². The van der Waals surface area contributed by atoms with Gasteiger partial charge >= 0.3 is 5.69 Å². The van der Waals surface area contributed by atoms with Gasteiger partial charge in [-0.15, -0.1) is 11.8 Å². The number of amides is 1. The molecule has 2 aromatic rings. The highest BCUT2D eigenvalue weighted by Crippen LogP contribution is 2.20. The molecule has 1 heterocycles. The molecular formula is C20H28N4O3S. The van der Waals surface area contributed by atoms with Crippen molar-refractivity contribution in [3.05, 3.63) is 56.7 Å². The molecule has 0 unspecified atom stereocenters. The van der Waals surface area contributed by atoms with Crippen molar-refractivity contribution in [3.8, 4) is 0 Å². The van der Waals surface area contributed by atoms with E-state index in [4.69, 9.17) is 5.73 Å². The molecule has 152 valence electrons. The van der Waals surface area contributed by atoms with Gasteiger partial charge in [0, 0.05) is 18.8 Å². The maximum Gasteiger partial charge on any atom is 0.330 e. The molecule has 0 saturated carbocycles. The van der Waals surface area contributed by atoms with E-state index in [1.807, 2.05) is 44.2 Å². The lowest BCUT2D eigenvalue weighted by Crippen LogP contribution is -2.42. The minimum absolute atomic E-state index is 0.0528. The summed E-state index contributed by atoms with van der Waals surface area (Å²) in [6.45, 7) is 4.70. The number of rotatable bonds is 10. The fourth-order valence-electron chi connectivity index (χ4n) is 2.87. The Bertz CT molecular complexity index is 893. The summed E-state index contributed by atoms with van der Waals surface area (Å²) in [5.74, 6) is 0.786. The molecule has 0 aliphatic heterocycles. The van der Waals surface area contributed by atoms with Gasteiger partial charge in [0.15, 0.2) is 5.69 Å². The summed E-state index contributed by atoms with van der Waals surface area (Å²) in [7, 11) is 0. The summed E-state index contributed by atoms with van der Waals surface area (Å²) in [6.07, 6.45) is 2.31.